The second kappa shape index (κ2) is 6.31. The lowest BCUT2D eigenvalue weighted by molar-refractivity contribution is -0.383. The molecular weight excluding hydrogens is 301 g/mol. The van der Waals surface area contributed by atoms with Gasteiger partial charge < -0.3 is 10.6 Å². The molecule has 0 atom stereocenters. The number of nitrogens with zero attached hydrogens (tertiary/aromatic N) is 3. The predicted octanol–water partition coefficient (Wildman–Crippen LogP) is 3.35. The average Bonchev–Trinajstić information content (AvgIpc) is 2.43. The molecule has 1 heterocycles. The van der Waals surface area contributed by atoms with Crippen molar-refractivity contribution >= 4 is 34.6 Å². The fourth-order valence-corrected chi connectivity index (χ4v) is 1.83. The van der Waals surface area contributed by atoms with Crippen molar-refractivity contribution in [2.24, 2.45) is 0 Å². The molecule has 7 nitrogen and oxygen atoms in total. The Morgan fingerprint density at radius 3 is 2.76 bits per heavy atom. The monoisotopic (exact) mass is 311 g/mol. The average molecular weight is 312 g/mol. The van der Waals surface area contributed by atoms with Gasteiger partial charge in [0.05, 0.1) is 15.6 Å². The van der Waals surface area contributed by atoms with Crippen LogP contribution >= 0.6 is 11.6 Å². The van der Waals surface area contributed by atoms with Crippen molar-refractivity contribution in [2.75, 3.05) is 17.2 Å². The van der Waals surface area contributed by atoms with Gasteiger partial charge in [-0.25, -0.2) is 14.4 Å². The van der Waals surface area contributed by atoms with Crippen molar-refractivity contribution in [1.82, 2.24) is 9.97 Å². The highest BCUT2D eigenvalue weighted by molar-refractivity contribution is 6.33. The van der Waals surface area contributed by atoms with Crippen LogP contribution in [-0.2, 0) is 0 Å². The quantitative estimate of drug-likeness (QED) is 0.649. The molecule has 0 aliphatic heterocycles. The van der Waals surface area contributed by atoms with Crippen molar-refractivity contribution in [3.63, 3.8) is 0 Å². The Morgan fingerprint density at radius 2 is 2.10 bits per heavy atom. The Balaban J connectivity index is 2.46. The van der Waals surface area contributed by atoms with Crippen molar-refractivity contribution in [3.05, 3.63) is 45.5 Å². The lowest BCUT2D eigenvalue weighted by atomic mass is 10.3. The van der Waals surface area contributed by atoms with Gasteiger partial charge in [0.1, 0.15) is 12.1 Å². The normalized spacial score (nSPS) is 10.2. The van der Waals surface area contributed by atoms with Gasteiger partial charge in [0, 0.05) is 6.54 Å². The molecule has 2 N–H and O–H groups in total. The summed E-state index contributed by atoms with van der Waals surface area (Å²) in [6, 6.07) is 3.66. The third-order valence-corrected chi connectivity index (χ3v) is 2.86. The maximum absolute atomic E-state index is 13.2. The molecule has 21 heavy (non-hydrogen) atoms. The minimum atomic E-state index is -0.618. The van der Waals surface area contributed by atoms with E-state index in [4.69, 9.17) is 11.6 Å². The van der Waals surface area contributed by atoms with Crippen LogP contribution in [0.25, 0.3) is 0 Å². The molecule has 0 radical (unpaired) electrons. The highest BCUT2D eigenvalue weighted by atomic mass is 35.5. The molecule has 2 aromatic rings. The van der Waals surface area contributed by atoms with Crippen molar-refractivity contribution < 1.29 is 9.31 Å². The van der Waals surface area contributed by atoms with Crippen molar-refractivity contribution in [3.8, 4) is 0 Å². The zero-order valence-electron chi connectivity index (χ0n) is 10.9. The lowest BCUT2D eigenvalue weighted by Gasteiger charge is -2.10. The van der Waals surface area contributed by atoms with Crippen LogP contribution in [0.5, 0.6) is 0 Å². The number of benzene rings is 1. The fourth-order valence-electron chi connectivity index (χ4n) is 1.66. The van der Waals surface area contributed by atoms with E-state index in [9.17, 15) is 14.5 Å². The smallest absolute Gasteiger partial charge is 0.353 e. The van der Waals surface area contributed by atoms with E-state index in [1.165, 1.54) is 18.5 Å². The van der Waals surface area contributed by atoms with Crippen LogP contribution in [-0.4, -0.2) is 21.4 Å². The molecule has 1 aromatic carbocycles. The number of nitro groups is 1. The first-order valence-corrected chi connectivity index (χ1v) is 6.36. The topological polar surface area (TPSA) is 93.0 Å². The van der Waals surface area contributed by atoms with E-state index in [1.54, 1.807) is 6.92 Å². The number of hydrogen-bond donors (Lipinski definition) is 2. The standard InChI is InChI=1S/C12H11ClFN5O2/c1-2-15-11-10(19(20)21)12(17-6-16-11)18-9-5-7(14)3-4-8(9)13/h3-6H,2H2,1H3,(H2,15,16,17,18). The number of halogens is 2. The molecule has 0 saturated heterocycles. The highest BCUT2D eigenvalue weighted by Crippen LogP contribution is 2.33. The van der Waals surface area contributed by atoms with Gasteiger partial charge in [0.2, 0.25) is 11.6 Å². The summed E-state index contributed by atoms with van der Waals surface area (Å²) in [6.07, 6.45) is 1.17. The lowest BCUT2D eigenvalue weighted by Crippen LogP contribution is -2.07. The zero-order valence-corrected chi connectivity index (χ0v) is 11.7. The highest BCUT2D eigenvalue weighted by Gasteiger charge is 2.23. The van der Waals surface area contributed by atoms with Gasteiger partial charge >= 0.3 is 5.69 Å². The van der Waals surface area contributed by atoms with Gasteiger partial charge in [-0.3, -0.25) is 10.1 Å². The Labute approximate surface area is 124 Å². The molecule has 0 saturated carbocycles. The van der Waals surface area contributed by atoms with Gasteiger partial charge in [-0.05, 0) is 25.1 Å². The SMILES string of the molecule is CCNc1ncnc(Nc2cc(F)ccc2Cl)c1[N+](=O)[O-]. The Morgan fingerprint density at radius 1 is 1.38 bits per heavy atom. The van der Waals surface area contributed by atoms with E-state index in [1.807, 2.05) is 0 Å². The van der Waals surface area contributed by atoms with Gasteiger partial charge in [-0.15, -0.1) is 0 Å². The van der Waals surface area contributed by atoms with E-state index in [0.717, 1.165) is 6.07 Å². The van der Waals surface area contributed by atoms with Crippen LogP contribution in [0.3, 0.4) is 0 Å². The molecule has 1 aromatic heterocycles. The summed E-state index contributed by atoms with van der Waals surface area (Å²) in [4.78, 5) is 18.2. The maximum atomic E-state index is 13.2. The number of aromatic nitrogens is 2. The number of hydrogen-bond acceptors (Lipinski definition) is 6. The molecule has 9 heteroatoms. The van der Waals surface area contributed by atoms with Crippen LogP contribution in [0.15, 0.2) is 24.5 Å². The third-order valence-electron chi connectivity index (χ3n) is 2.53. The van der Waals surface area contributed by atoms with E-state index < -0.39 is 10.7 Å². The van der Waals surface area contributed by atoms with Gasteiger partial charge in [0.15, 0.2) is 0 Å². The number of rotatable bonds is 5. The van der Waals surface area contributed by atoms with Crippen molar-refractivity contribution in [1.29, 1.82) is 0 Å². The Hall–Kier alpha value is -2.48. The van der Waals surface area contributed by atoms with Crippen LogP contribution in [0.1, 0.15) is 6.92 Å². The number of anilines is 3. The number of nitrogens with one attached hydrogen (secondary N) is 2. The van der Waals surface area contributed by atoms with E-state index in [0.29, 0.717) is 6.54 Å². The molecule has 0 amide bonds. The molecule has 0 aliphatic carbocycles. The summed E-state index contributed by atoms with van der Waals surface area (Å²) in [5.41, 5.74) is -0.152. The molecular formula is C12H11ClFN5O2. The van der Waals surface area contributed by atoms with Crippen LogP contribution in [0.4, 0.5) is 27.4 Å². The molecule has 0 spiro atoms. The molecule has 0 unspecified atom stereocenters. The first kappa shape index (κ1) is 14.9. The minimum absolute atomic E-state index is 0.0709. The summed E-state index contributed by atoms with van der Waals surface area (Å²) in [7, 11) is 0. The van der Waals surface area contributed by atoms with Crippen LogP contribution in [0, 0.1) is 15.9 Å². The second-order valence-corrected chi connectivity index (χ2v) is 4.36. The van der Waals surface area contributed by atoms with E-state index in [2.05, 4.69) is 20.6 Å². The zero-order chi connectivity index (χ0) is 15.4. The summed E-state index contributed by atoms with van der Waals surface area (Å²) in [5, 5.41) is 16.8. The summed E-state index contributed by atoms with van der Waals surface area (Å²) in [6.45, 7) is 2.24. The van der Waals surface area contributed by atoms with Gasteiger partial charge in [0.25, 0.3) is 0 Å². The largest absolute Gasteiger partial charge is 0.364 e. The van der Waals surface area contributed by atoms with Gasteiger partial charge in [-0.2, -0.15) is 0 Å². The predicted molar refractivity (Wildman–Crippen MR) is 77.5 cm³/mol. The Kier molecular flexibility index (Phi) is 4.49. The summed E-state index contributed by atoms with van der Waals surface area (Å²) in [5.74, 6) is -0.517. The molecule has 0 aliphatic rings. The van der Waals surface area contributed by atoms with E-state index >= 15 is 0 Å². The fraction of sp³-hybridized carbons (Fsp3) is 0.167. The van der Waals surface area contributed by atoms with Crippen LogP contribution < -0.4 is 10.6 Å². The molecule has 0 bridgehead atoms. The molecule has 0 fully saturated rings. The molecule has 110 valence electrons. The molecule has 2 rings (SSSR count). The van der Waals surface area contributed by atoms with E-state index in [-0.39, 0.29) is 28.0 Å². The van der Waals surface area contributed by atoms with Crippen molar-refractivity contribution in [2.45, 2.75) is 6.92 Å². The second-order valence-electron chi connectivity index (χ2n) is 3.96. The third kappa shape index (κ3) is 3.34. The first-order chi connectivity index (χ1) is 10.0. The summed E-state index contributed by atoms with van der Waals surface area (Å²) >= 11 is 5.92. The minimum Gasteiger partial charge on any atom is -0.364 e. The Bertz CT molecular complexity index is 683. The van der Waals surface area contributed by atoms with Gasteiger partial charge in [-0.1, -0.05) is 11.6 Å². The van der Waals surface area contributed by atoms with Crippen LogP contribution in [0.2, 0.25) is 5.02 Å². The summed E-state index contributed by atoms with van der Waals surface area (Å²) < 4.78 is 13.2. The maximum Gasteiger partial charge on any atom is 0.353 e. The first-order valence-electron chi connectivity index (χ1n) is 5.98.